The molecule has 3 rings (SSSR count). The number of hydrogen-bond acceptors (Lipinski definition) is 4. The lowest BCUT2D eigenvalue weighted by molar-refractivity contribution is 0.309. The third-order valence-corrected chi connectivity index (χ3v) is 6.74. The molecule has 0 radical (unpaired) electrons. The second-order valence-electron chi connectivity index (χ2n) is 6.50. The van der Waals surface area contributed by atoms with Gasteiger partial charge in [-0.2, -0.15) is 9.40 Å². The average molecular weight is 364 g/mol. The van der Waals surface area contributed by atoms with E-state index in [-0.39, 0.29) is 11.6 Å². The Kier molecular flexibility index (Phi) is 4.83. The lowest BCUT2D eigenvalue weighted by atomic mass is 9.97. The van der Waals surface area contributed by atoms with Crippen LogP contribution in [0.4, 0.5) is 0 Å². The Balaban J connectivity index is 1.77. The molecule has 0 amide bonds. The van der Waals surface area contributed by atoms with Crippen molar-refractivity contribution in [3.63, 3.8) is 0 Å². The summed E-state index contributed by atoms with van der Waals surface area (Å²) in [5.41, 5.74) is 0.914. The summed E-state index contributed by atoms with van der Waals surface area (Å²) in [6.45, 7) is 5.31. The molecule has 1 aliphatic rings. The zero-order chi connectivity index (χ0) is 18.2. The third kappa shape index (κ3) is 3.28. The van der Waals surface area contributed by atoms with Crippen LogP contribution in [0.2, 0.25) is 0 Å². The summed E-state index contributed by atoms with van der Waals surface area (Å²) >= 11 is 0. The molecule has 0 saturated carbocycles. The third-order valence-electron chi connectivity index (χ3n) is 4.83. The first-order valence-electron chi connectivity index (χ1n) is 8.55. The van der Waals surface area contributed by atoms with Crippen molar-refractivity contribution in [2.75, 3.05) is 13.1 Å². The number of aryl methyl sites for hydroxylation is 2. The Labute approximate surface area is 147 Å². The molecule has 0 atom stereocenters. The molecule has 8 heteroatoms. The topological polar surface area (TPSA) is 77.2 Å². The van der Waals surface area contributed by atoms with Crippen LogP contribution in [0.1, 0.15) is 37.1 Å². The molecule has 25 heavy (non-hydrogen) atoms. The molecule has 0 bridgehead atoms. The summed E-state index contributed by atoms with van der Waals surface area (Å²) in [5, 5.41) is 4.36. The van der Waals surface area contributed by atoms with Crippen molar-refractivity contribution in [1.29, 1.82) is 0 Å². The molecule has 1 aromatic heterocycles. The summed E-state index contributed by atoms with van der Waals surface area (Å²) in [7, 11) is -1.82. The second kappa shape index (κ2) is 6.76. The lowest BCUT2D eigenvalue weighted by Gasteiger charge is -2.30. The van der Waals surface area contributed by atoms with Crippen molar-refractivity contribution in [1.82, 2.24) is 18.7 Å². The molecule has 2 aromatic rings. The smallest absolute Gasteiger partial charge is 0.279 e. The number of rotatable bonds is 4. The van der Waals surface area contributed by atoms with Crippen molar-refractivity contribution in [3.05, 3.63) is 46.1 Å². The van der Waals surface area contributed by atoms with Crippen LogP contribution >= 0.6 is 0 Å². The van der Waals surface area contributed by atoms with E-state index in [0.717, 1.165) is 11.4 Å². The molecule has 1 aliphatic heterocycles. The molecule has 1 fully saturated rings. The van der Waals surface area contributed by atoms with Gasteiger partial charge in [-0.1, -0.05) is 17.7 Å². The highest BCUT2D eigenvalue weighted by Crippen LogP contribution is 2.29. The molecule has 0 spiro atoms. The van der Waals surface area contributed by atoms with Crippen LogP contribution in [-0.4, -0.2) is 40.2 Å². The van der Waals surface area contributed by atoms with Crippen LogP contribution in [0.25, 0.3) is 0 Å². The number of nitrogens with zero attached hydrogens (tertiary/aromatic N) is 4. The van der Waals surface area contributed by atoms with Gasteiger partial charge in [0.25, 0.3) is 0 Å². The minimum Gasteiger partial charge on any atom is -0.279 e. The van der Waals surface area contributed by atoms with Gasteiger partial charge in [-0.3, -0.25) is 4.57 Å². The standard InChI is InChI=1S/C17H24N4O3S/c1-4-21-16(18-19(3)17(21)22)14-9-11-20(12-10-14)25(23,24)15-7-5-13(2)6-8-15/h5-8,14H,4,9-12H2,1-3H3. The number of hydrogen-bond donors (Lipinski definition) is 0. The molecular weight excluding hydrogens is 340 g/mol. The van der Waals surface area contributed by atoms with Crippen molar-refractivity contribution in [3.8, 4) is 0 Å². The zero-order valence-electron chi connectivity index (χ0n) is 14.8. The predicted molar refractivity (Wildman–Crippen MR) is 95.1 cm³/mol. The summed E-state index contributed by atoms with van der Waals surface area (Å²) in [6, 6.07) is 6.94. The fourth-order valence-corrected chi connectivity index (χ4v) is 4.81. The van der Waals surface area contributed by atoms with E-state index in [1.54, 1.807) is 23.7 Å². The highest BCUT2D eigenvalue weighted by molar-refractivity contribution is 7.89. The Hall–Kier alpha value is -1.93. The highest BCUT2D eigenvalue weighted by Gasteiger charge is 2.32. The van der Waals surface area contributed by atoms with Gasteiger partial charge >= 0.3 is 5.69 Å². The van der Waals surface area contributed by atoms with Gasteiger partial charge in [0.1, 0.15) is 5.82 Å². The molecule has 7 nitrogen and oxygen atoms in total. The number of benzene rings is 1. The van der Waals surface area contributed by atoms with E-state index in [0.29, 0.717) is 37.4 Å². The zero-order valence-corrected chi connectivity index (χ0v) is 15.7. The number of aromatic nitrogens is 3. The minimum atomic E-state index is -3.46. The molecule has 2 heterocycles. The first-order valence-corrected chi connectivity index (χ1v) is 9.99. The first-order chi connectivity index (χ1) is 11.8. The van der Waals surface area contributed by atoms with Gasteiger partial charge in [-0.05, 0) is 38.8 Å². The maximum atomic E-state index is 12.8. The fourth-order valence-electron chi connectivity index (χ4n) is 3.34. The van der Waals surface area contributed by atoms with Crippen molar-refractivity contribution in [2.24, 2.45) is 7.05 Å². The van der Waals surface area contributed by atoms with Crippen molar-refractivity contribution >= 4 is 10.0 Å². The summed E-state index contributed by atoms with van der Waals surface area (Å²) in [6.07, 6.45) is 1.34. The Morgan fingerprint density at radius 3 is 2.32 bits per heavy atom. The van der Waals surface area contributed by atoms with Gasteiger partial charge in [-0.15, -0.1) is 0 Å². The molecule has 1 saturated heterocycles. The van der Waals surface area contributed by atoms with E-state index in [1.165, 1.54) is 8.99 Å². The first kappa shape index (κ1) is 17.9. The lowest BCUT2D eigenvalue weighted by Crippen LogP contribution is -2.38. The van der Waals surface area contributed by atoms with Crippen LogP contribution in [0.5, 0.6) is 0 Å². The summed E-state index contributed by atoms with van der Waals surface area (Å²) in [5.74, 6) is 0.876. The van der Waals surface area contributed by atoms with Gasteiger partial charge in [0, 0.05) is 32.6 Å². The van der Waals surface area contributed by atoms with Gasteiger partial charge < -0.3 is 0 Å². The minimum absolute atomic E-state index is 0.110. The van der Waals surface area contributed by atoms with E-state index in [2.05, 4.69) is 5.10 Å². The van der Waals surface area contributed by atoms with Crippen LogP contribution in [-0.2, 0) is 23.6 Å². The highest BCUT2D eigenvalue weighted by atomic mass is 32.2. The Bertz CT molecular complexity index is 904. The normalized spacial score (nSPS) is 17.1. The van der Waals surface area contributed by atoms with Crippen LogP contribution in [0.3, 0.4) is 0 Å². The number of sulfonamides is 1. The quantitative estimate of drug-likeness (QED) is 0.823. The summed E-state index contributed by atoms with van der Waals surface area (Å²) in [4.78, 5) is 12.4. The van der Waals surface area contributed by atoms with Crippen LogP contribution in [0, 0.1) is 6.92 Å². The van der Waals surface area contributed by atoms with Gasteiger partial charge in [0.15, 0.2) is 0 Å². The second-order valence-corrected chi connectivity index (χ2v) is 8.44. The van der Waals surface area contributed by atoms with Crippen molar-refractivity contribution in [2.45, 2.75) is 44.0 Å². The average Bonchev–Trinajstić information content (AvgIpc) is 2.90. The van der Waals surface area contributed by atoms with Gasteiger partial charge in [0.05, 0.1) is 4.90 Å². The van der Waals surface area contributed by atoms with E-state index >= 15 is 0 Å². The maximum absolute atomic E-state index is 12.8. The molecule has 0 N–H and O–H groups in total. The Morgan fingerprint density at radius 1 is 1.16 bits per heavy atom. The van der Waals surface area contributed by atoms with Crippen LogP contribution in [0.15, 0.2) is 34.0 Å². The maximum Gasteiger partial charge on any atom is 0.345 e. The molecule has 136 valence electrons. The summed E-state index contributed by atoms with van der Waals surface area (Å²) < 4.78 is 30.1. The van der Waals surface area contributed by atoms with Crippen molar-refractivity contribution < 1.29 is 8.42 Å². The SMILES string of the molecule is CCn1c(C2CCN(S(=O)(=O)c3ccc(C)cc3)CC2)nn(C)c1=O. The monoisotopic (exact) mass is 364 g/mol. The fraction of sp³-hybridized carbons (Fsp3) is 0.529. The number of piperidine rings is 1. The molecule has 0 aliphatic carbocycles. The van der Waals surface area contributed by atoms with E-state index in [4.69, 9.17) is 0 Å². The molecular formula is C17H24N4O3S. The van der Waals surface area contributed by atoms with E-state index in [9.17, 15) is 13.2 Å². The molecule has 1 aromatic carbocycles. The Morgan fingerprint density at radius 2 is 1.76 bits per heavy atom. The largest absolute Gasteiger partial charge is 0.345 e. The predicted octanol–water partition coefficient (Wildman–Crippen LogP) is 1.48. The van der Waals surface area contributed by atoms with Gasteiger partial charge in [0.2, 0.25) is 10.0 Å². The van der Waals surface area contributed by atoms with E-state index in [1.807, 2.05) is 26.0 Å². The van der Waals surface area contributed by atoms with Gasteiger partial charge in [-0.25, -0.2) is 17.9 Å². The molecule has 0 unspecified atom stereocenters. The van der Waals surface area contributed by atoms with Crippen LogP contribution < -0.4 is 5.69 Å². The van der Waals surface area contributed by atoms with E-state index < -0.39 is 10.0 Å².